The minimum absolute atomic E-state index is 0.317. The number of aryl methyl sites for hydroxylation is 1. The summed E-state index contributed by atoms with van der Waals surface area (Å²) < 4.78 is 13.1. The monoisotopic (exact) mass is 214 g/mol. The van der Waals surface area contributed by atoms with Crippen LogP contribution in [0.5, 0.6) is 0 Å². The molecule has 1 saturated carbocycles. The lowest BCUT2D eigenvalue weighted by molar-refractivity contribution is 0.154. The standard InChI is InChI=1S/C11H12ClFO/c1-6-4-8(9(12)5-10(6)13)11(14)7-2-3-7/h4-5,7,11,14H,2-3H2,1H3. The first-order valence-electron chi connectivity index (χ1n) is 4.73. The second kappa shape index (κ2) is 3.52. The van der Waals surface area contributed by atoms with Crippen LogP contribution in [0.25, 0.3) is 0 Å². The molecule has 1 atom stereocenters. The highest BCUT2D eigenvalue weighted by molar-refractivity contribution is 6.31. The summed E-state index contributed by atoms with van der Waals surface area (Å²) in [7, 11) is 0. The van der Waals surface area contributed by atoms with Crippen LogP contribution in [0.15, 0.2) is 12.1 Å². The Morgan fingerprint density at radius 3 is 2.71 bits per heavy atom. The molecular weight excluding hydrogens is 203 g/mol. The number of benzene rings is 1. The summed E-state index contributed by atoms with van der Waals surface area (Å²) in [5.74, 6) is -0.000826. The van der Waals surface area contributed by atoms with Crippen LogP contribution < -0.4 is 0 Å². The van der Waals surface area contributed by atoms with Gasteiger partial charge in [0, 0.05) is 5.02 Å². The Morgan fingerprint density at radius 2 is 2.14 bits per heavy atom. The van der Waals surface area contributed by atoms with E-state index in [9.17, 15) is 9.50 Å². The van der Waals surface area contributed by atoms with Crippen molar-refractivity contribution in [2.75, 3.05) is 0 Å². The zero-order valence-corrected chi connectivity index (χ0v) is 8.68. The molecule has 0 heterocycles. The predicted molar refractivity (Wildman–Crippen MR) is 53.8 cm³/mol. The lowest BCUT2D eigenvalue weighted by Crippen LogP contribution is -2.01. The molecule has 3 heteroatoms. The average molecular weight is 215 g/mol. The molecule has 1 unspecified atom stereocenters. The lowest BCUT2D eigenvalue weighted by Gasteiger charge is -2.12. The molecule has 0 aliphatic heterocycles. The Hall–Kier alpha value is -0.600. The molecule has 1 nitrogen and oxygen atoms in total. The van der Waals surface area contributed by atoms with Gasteiger partial charge in [0.05, 0.1) is 6.10 Å². The summed E-state index contributed by atoms with van der Waals surface area (Å²) in [6, 6.07) is 2.92. The summed E-state index contributed by atoms with van der Waals surface area (Å²) in [5.41, 5.74) is 1.19. The minimum Gasteiger partial charge on any atom is -0.388 e. The van der Waals surface area contributed by atoms with Gasteiger partial charge < -0.3 is 5.11 Å². The van der Waals surface area contributed by atoms with E-state index in [0.717, 1.165) is 12.8 Å². The zero-order chi connectivity index (χ0) is 10.3. The Kier molecular flexibility index (Phi) is 2.50. The van der Waals surface area contributed by atoms with E-state index in [1.54, 1.807) is 13.0 Å². The molecule has 0 radical (unpaired) electrons. The van der Waals surface area contributed by atoms with Crippen molar-refractivity contribution in [1.82, 2.24) is 0 Å². The Balaban J connectivity index is 2.36. The predicted octanol–water partition coefficient (Wildman–Crippen LogP) is 3.23. The number of halogens is 2. The van der Waals surface area contributed by atoms with Gasteiger partial charge >= 0.3 is 0 Å². The molecule has 1 aromatic carbocycles. The zero-order valence-electron chi connectivity index (χ0n) is 7.93. The molecule has 0 amide bonds. The Labute approximate surface area is 87.5 Å². The van der Waals surface area contributed by atoms with Crippen LogP contribution in [0.2, 0.25) is 5.02 Å². The van der Waals surface area contributed by atoms with Crippen LogP contribution in [0.1, 0.15) is 30.1 Å². The third-order valence-corrected chi connectivity index (χ3v) is 2.99. The first-order valence-corrected chi connectivity index (χ1v) is 5.11. The molecule has 0 saturated heterocycles. The summed E-state index contributed by atoms with van der Waals surface area (Å²) in [4.78, 5) is 0. The first-order chi connectivity index (χ1) is 6.59. The summed E-state index contributed by atoms with van der Waals surface area (Å²) in [6.07, 6.45) is 1.55. The van der Waals surface area contributed by atoms with Crippen molar-refractivity contribution in [1.29, 1.82) is 0 Å². The van der Waals surface area contributed by atoms with Crippen LogP contribution in [-0.4, -0.2) is 5.11 Å². The van der Waals surface area contributed by atoms with E-state index in [1.165, 1.54) is 6.07 Å². The van der Waals surface area contributed by atoms with Gasteiger partial charge in [-0.2, -0.15) is 0 Å². The normalized spacial score (nSPS) is 18.3. The molecular formula is C11H12ClFO. The molecule has 1 fully saturated rings. The van der Waals surface area contributed by atoms with Gasteiger partial charge in [0.25, 0.3) is 0 Å². The fourth-order valence-electron chi connectivity index (χ4n) is 1.57. The maximum Gasteiger partial charge on any atom is 0.127 e. The number of hydrogen-bond donors (Lipinski definition) is 1. The molecule has 76 valence electrons. The van der Waals surface area contributed by atoms with Crippen LogP contribution in [0.3, 0.4) is 0 Å². The van der Waals surface area contributed by atoms with Gasteiger partial charge in [-0.15, -0.1) is 0 Å². The maximum atomic E-state index is 13.1. The third kappa shape index (κ3) is 1.77. The van der Waals surface area contributed by atoms with Crippen molar-refractivity contribution >= 4 is 11.6 Å². The van der Waals surface area contributed by atoms with Gasteiger partial charge in [-0.1, -0.05) is 11.6 Å². The minimum atomic E-state index is -0.526. The molecule has 14 heavy (non-hydrogen) atoms. The van der Waals surface area contributed by atoms with Crippen LogP contribution in [-0.2, 0) is 0 Å². The number of aliphatic hydroxyl groups excluding tert-OH is 1. The molecule has 0 aromatic heterocycles. The highest BCUT2D eigenvalue weighted by Crippen LogP contribution is 2.43. The fourth-order valence-corrected chi connectivity index (χ4v) is 1.83. The van der Waals surface area contributed by atoms with Crippen molar-refractivity contribution in [2.24, 2.45) is 5.92 Å². The smallest absolute Gasteiger partial charge is 0.127 e. The Bertz CT molecular complexity index is 361. The molecule has 2 rings (SSSR count). The lowest BCUT2D eigenvalue weighted by atomic mass is 10.0. The maximum absolute atomic E-state index is 13.1. The third-order valence-electron chi connectivity index (χ3n) is 2.67. The first kappa shape index (κ1) is 9.94. The van der Waals surface area contributed by atoms with Gasteiger partial charge in [-0.25, -0.2) is 4.39 Å². The quantitative estimate of drug-likeness (QED) is 0.802. The van der Waals surface area contributed by atoms with Crippen LogP contribution >= 0.6 is 11.6 Å². The molecule has 1 aliphatic carbocycles. The van der Waals surface area contributed by atoms with E-state index in [-0.39, 0.29) is 5.82 Å². The topological polar surface area (TPSA) is 20.2 Å². The average Bonchev–Trinajstić information content (AvgIpc) is 2.93. The van der Waals surface area contributed by atoms with Crippen LogP contribution in [0, 0.1) is 18.7 Å². The van der Waals surface area contributed by atoms with E-state index in [4.69, 9.17) is 11.6 Å². The summed E-state index contributed by atoms with van der Waals surface area (Å²) >= 11 is 5.87. The molecule has 0 bridgehead atoms. The molecule has 1 N–H and O–H groups in total. The van der Waals surface area contributed by atoms with E-state index in [0.29, 0.717) is 22.1 Å². The van der Waals surface area contributed by atoms with Gasteiger partial charge in [0.1, 0.15) is 5.82 Å². The number of hydrogen-bond acceptors (Lipinski definition) is 1. The highest BCUT2D eigenvalue weighted by atomic mass is 35.5. The SMILES string of the molecule is Cc1cc(C(O)C2CC2)c(Cl)cc1F. The van der Waals surface area contributed by atoms with Gasteiger partial charge in [0.15, 0.2) is 0 Å². The van der Waals surface area contributed by atoms with E-state index in [1.807, 2.05) is 0 Å². The number of rotatable bonds is 2. The van der Waals surface area contributed by atoms with E-state index < -0.39 is 6.10 Å². The van der Waals surface area contributed by atoms with Crippen molar-refractivity contribution < 1.29 is 9.50 Å². The van der Waals surface area contributed by atoms with Gasteiger partial charge in [0.2, 0.25) is 0 Å². The van der Waals surface area contributed by atoms with Crippen molar-refractivity contribution in [3.05, 3.63) is 34.1 Å². The number of aliphatic hydroxyl groups is 1. The largest absolute Gasteiger partial charge is 0.388 e. The van der Waals surface area contributed by atoms with Crippen molar-refractivity contribution in [2.45, 2.75) is 25.9 Å². The molecule has 0 spiro atoms. The molecule has 1 aromatic rings. The fraction of sp³-hybridized carbons (Fsp3) is 0.455. The van der Waals surface area contributed by atoms with Crippen molar-refractivity contribution in [3.63, 3.8) is 0 Å². The molecule has 1 aliphatic rings. The van der Waals surface area contributed by atoms with Gasteiger partial charge in [-0.05, 0) is 48.9 Å². The van der Waals surface area contributed by atoms with E-state index in [2.05, 4.69) is 0 Å². The summed E-state index contributed by atoms with van der Waals surface area (Å²) in [5, 5.41) is 10.2. The second-order valence-electron chi connectivity index (χ2n) is 3.91. The second-order valence-corrected chi connectivity index (χ2v) is 4.31. The van der Waals surface area contributed by atoms with Crippen molar-refractivity contribution in [3.8, 4) is 0 Å². The highest BCUT2D eigenvalue weighted by Gasteiger charge is 2.32. The summed E-state index contributed by atoms with van der Waals surface area (Å²) in [6.45, 7) is 1.68. The van der Waals surface area contributed by atoms with E-state index >= 15 is 0 Å². The Morgan fingerprint density at radius 1 is 1.50 bits per heavy atom. The van der Waals surface area contributed by atoms with Crippen LogP contribution in [0.4, 0.5) is 4.39 Å². The van der Waals surface area contributed by atoms with Gasteiger partial charge in [-0.3, -0.25) is 0 Å².